The molecular weight excluding hydrogens is 318 g/mol. The normalized spacial score (nSPS) is 14.2. The van der Waals surface area contributed by atoms with Crippen LogP contribution in [0.3, 0.4) is 0 Å². The van der Waals surface area contributed by atoms with Crippen LogP contribution in [0.1, 0.15) is 24.1 Å². The number of nitrogens with one attached hydrogen (secondary N) is 1. The summed E-state index contributed by atoms with van der Waals surface area (Å²) in [6.45, 7) is 1.35. The Morgan fingerprint density at radius 3 is 2.85 bits per heavy atom. The van der Waals surface area contributed by atoms with Crippen LogP contribution in [0.5, 0.6) is 5.75 Å². The Bertz CT molecular complexity index is 570. The van der Waals surface area contributed by atoms with Crippen LogP contribution in [0.15, 0.2) is 41.3 Å². The monoisotopic (exact) mass is 333 g/mol. The maximum absolute atomic E-state index is 5.65. The summed E-state index contributed by atoms with van der Waals surface area (Å²) in [5.41, 5.74) is 2.13. The van der Waals surface area contributed by atoms with Crippen LogP contribution >= 0.6 is 15.9 Å². The van der Waals surface area contributed by atoms with Crippen LogP contribution in [-0.4, -0.2) is 16.0 Å². The van der Waals surface area contributed by atoms with Gasteiger partial charge in [0.2, 0.25) is 0 Å². The lowest BCUT2D eigenvalue weighted by Crippen LogP contribution is -2.15. The van der Waals surface area contributed by atoms with Gasteiger partial charge in [0.1, 0.15) is 12.4 Å². The molecule has 3 rings (SSSR count). The van der Waals surface area contributed by atoms with Gasteiger partial charge in [0.25, 0.3) is 0 Å². The largest absolute Gasteiger partial charge is 0.486 e. The van der Waals surface area contributed by atoms with E-state index in [2.05, 4.69) is 37.3 Å². The fourth-order valence-electron chi connectivity index (χ4n) is 1.82. The van der Waals surface area contributed by atoms with E-state index in [9.17, 15) is 0 Å². The number of pyridine rings is 2. The van der Waals surface area contributed by atoms with Gasteiger partial charge in [0.15, 0.2) is 0 Å². The summed E-state index contributed by atoms with van der Waals surface area (Å²) >= 11 is 3.37. The molecule has 2 aromatic heterocycles. The van der Waals surface area contributed by atoms with Gasteiger partial charge in [-0.3, -0.25) is 9.97 Å². The van der Waals surface area contributed by atoms with Crippen molar-refractivity contribution in [1.82, 2.24) is 15.3 Å². The summed E-state index contributed by atoms with van der Waals surface area (Å²) in [7, 11) is 0. The van der Waals surface area contributed by atoms with E-state index < -0.39 is 0 Å². The van der Waals surface area contributed by atoms with Crippen LogP contribution in [-0.2, 0) is 13.2 Å². The summed E-state index contributed by atoms with van der Waals surface area (Å²) < 4.78 is 6.56. The van der Waals surface area contributed by atoms with Crippen molar-refractivity contribution in [2.45, 2.75) is 32.0 Å². The number of rotatable bonds is 6. The molecule has 0 aliphatic heterocycles. The highest BCUT2D eigenvalue weighted by atomic mass is 79.9. The standard InChI is InChI=1S/C15H16BrN3O/c16-12-5-15(9-17-8-12)20-10-14-2-1-11(7-19-14)6-18-13-3-4-13/h1-2,5,7-9,13,18H,3-4,6,10H2. The van der Waals surface area contributed by atoms with E-state index >= 15 is 0 Å². The SMILES string of the molecule is Brc1cncc(OCc2ccc(CNC3CC3)cn2)c1. The third-order valence-corrected chi connectivity index (χ3v) is 3.56. The first-order valence-electron chi connectivity index (χ1n) is 6.70. The molecule has 20 heavy (non-hydrogen) atoms. The fraction of sp³-hybridized carbons (Fsp3) is 0.333. The molecular formula is C15H16BrN3O. The van der Waals surface area contributed by atoms with Crippen molar-refractivity contribution in [1.29, 1.82) is 0 Å². The van der Waals surface area contributed by atoms with Crippen molar-refractivity contribution in [3.05, 3.63) is 52.5 Å². The van der Waals surface area contributed by atoms with Crippen LogP contribution < -0.4 is 10.1 Å². The lowest BCUT2D eigenvalue weighted by atomic mass is 10.2. The second-order valence-corrected chi connectivity index (χ2v) is 5.86. The molecule has 1 saturated carbocycles. The molecule has 0 radical (unpaired) electrons. The highest BCUT2D eigenvalue weighted by molar-refractivity contribution is 9.10. The summed E-state index contributed by atoms with van der Waals surface area (Å²) in [4.78, 5) is 8.47. The Kier molecular flexibility index (Phi) is 4.28. The first kappa shape index (κ1) is 13.5. The molecule has 1 aliphatic carbocycles. The molecule has 4 nitrogen and oxygen atoms in total. The summed E-state index contributed by atoms with van der Waals surface area (Å²) in [6, 6.07) is 6.72. The third-order valence-electron chi connectivity index (χ3n) is 3.12. The number of hydrogen-bond donors (Lipinski definition) is 1. The van der Waals surface area contributed by atoms with Crippen molar-refractivity contribution < 1.29 is 4.74 Å². The van der Waals surface area contributed by atoms with E-state index in [0.717, 1.165) is 28.5 Å². The Hall–Kier alpha value is -1.46. The zero-order valence-corrected chi connectivity index (χ0v) is 12.6. The van der Waals surface area contributed by atoms with Gasteiger partial charge in [-0.2, -0.15) is 0 Å². The average molecular weight is 334 g/mol. The maximum Gasteiger partial charge on any atom is 0.139 e. The van der Waals surface area contributed by atoms with E-state index in [1.165, 1.54) is 18.4 Å². The van der Waals surface area contributed by atoms with Crippen molar-refractivity contribution in [3.8, 4) is 5.75 Å². The number of ether oxygens (including phenoxy) is 1. The van der Waals surface area contributed by atoms with E-state index in [0.29, 0.717) is 6.61 Å². The maximum atomic E-state index is 5.65. The summed E-state index contributed by atoms with van der Waals surface area (Å²) in [5, 5.41) is 3.47. The molecule has 1 fully saturated rings. The second kappa shape index (κ2) is 6.33. The number of nitrogens with zero attached hydrogens (tertiary/aromatic N) is 2. The molecule has 104 valence electrons. The average Bonchev–Trinajstić information content (AvgIpc) is 3.28. The van der Waals surface area contributed by atoms with Crippen molar-refractivity contribution >= 4 is 15.9 Å². The van der Waals surface area contributed by atoms with Crippen LogP contribution in [0.25, 0.3) is 0 Å². The third kappa shape index (κ3) is 4.02. The Balaban J connectivity index is 1.52. The lowest BCUT2D eigenvalue weighted by Gasteiger charge is -2.07. The number of halogens is 1. The summed E-state index contributed by atoms with van der Waals surface area (Å²) in [5.74, 6) is 0.737. The Morgan fingerprint density at radius 2 is 2.15 bits per heavy atom. The Labute approximate surface area is 126 Å². The smallest absolute Gasteiger partial charge is 0.139 e. The molecule has 1 aliphatic rings. The van der Waals surface area contributed by atoms with Gasteiger partial charge >= 0.3 is 0 Å². The minimum atomic E-state index is 0.453. The van der Waals surface area contributed by atoms with E-state index in [4.69, 9.17) is 4.74 Å². The molecule has 0 aromatic carbocycles. The molecule has 2 heterocycles. The molecule has 0 bridgehead atoms. The summed E-state index contributed by atoms with van der Waals surface area (Å²) in [6.07, 6.45) is 7.94. The minimum absolute atomic E-state index is 0.453. The van der Waals surface area contributed by atoms with Crippen molar-refractivity contribution in [2.24, 2.45) is 0 Å². The molecule has 5 heteroatoms. The molecule has 0 saturated heterocycles. The van der Waals surface area contributed by atoms with Crippen LogP contribution in [0.4, 0.5) is 0 Å². The molecule has 0 amide bonds. The predicted molar refractivity (Wildman–Crippen MR) is 80.4 cm³/mol. The quantitative estimate of drug-likeness (QED) is 0.882. The fourth-order valence-corrected chi connectivity index (χ4v) is 2.17. The topological polar surface area (TPSA) is 47.0 Å². The van der Waals surface area contributed by atoms with Gasteiger partial charge in [-0.15, -0.1) is 0 Å². The molecule has 0 unspecified atom stereocenters. The molecule has 1 N–H and O–H groups in total. The van der Waals surface area contributed by atoms with Crippen LogP contribution in [0.2, 0.25) is 0 Å². The first-order chi connectivity index (χ1) is 9.79. The second-order valence-electron chi connectivity index (χ2n) is 4.94. The minimum Gasteiger partial charge on any atom is -0.486 e. The Morgan fingerprint density at radius 1 is 1.25 bits per heavy atom. The molecule has 0 atom stereocenters. The number of hydrogen-bond acceptors (Lipinski definition) is 4. The first-order valence-corrected chi connectivity index (χ1v) is 7.49. The highest BCUT2D eigenvalue weighted by Gasteiger charge is 2.19. The highest BCUT2D eigenvalue weighted by Crippen LogP contribution is 2.19. The van der Waals surface area contributed by atoms with Gasteiger partial charge in [0.05, 0.1) is 11.9 Å². The van der Waals surface area contributed by atoms with E-state index in [1.807, 2.05) is 18.3 Å². The van der Waals surface area contributed by atoms with E-state index in [-0.39, 0.29) is 0 Å². The zero-order valence-electron chi connectivity index (χ0n) is 11.1. The van der Waals surface area contributed by atoms with Crippen molar-refractivity contribution in [3.63, 3.8) is 0 Å². The predicted octanol–water partition coefficient (Wildman–Crippen LogP) is 3.07. The zero-order chi connectivity index (χ0) is 13.8. The van der Waals surface area contributed by atoms with Gasteiger partial charge in [0, 0.05) is 29.5 Å². The number of aromatic nitrogens is 2. The van der Waals surface area contributed by atoms with Gasteiger partial charge in [-0.1, -0.05) is 6.07 Å². The molecule has 2 aromatic rings. The van der Waals surface area contributed by atoms with Crippen molar-refractivity contribution in [2.75, 3.05) is 0 Å². The van der Waals surface area contributed by atoms with E-state index in [1.54, 1.807) is 12.4 Å². The van der Waals surface area contributed by atoms with Crippen LogP contribution in [0, 0.1) is 0 Å². The van der Waals surface area contributed by atoms with Gasteiger partial charge in [-0.05, 0) is 46.5 Å². The molecule has 0 spiro atoms. The van der Waals surface area contributed by atoms with Gasteiger partial charge < -0.3 is 10.1 Å². The van der Waals surface area contributed by atoms with Gasteiger partial charge in [-0.25, -0.2) is 0 Å². The lowest BCUT2D eigenvalue weighted by molar-refractivity contribution is 0.300.